The van der Waals surface area contributed by atoms with Crippen molar-refractivity contribution in [3.05, 3.63) is 62.5 Å². The second kappa shape index (κ2) is 8.12. The molecule has 2 aromatic rings. The van der Waals surface area contributed by atoms with Gasteiger partial charge in [-0.05, 0) is 42.8 Å². The molecule has 0 aromatic heterocycles. The summed E-state index contributed by atoms with van der Waals surface area (Å²) in [5, 5.41) is 3.62. The Kier molecular flexibility index (Phi) is 6.18. The third-order valence-corrected chi connectivity index (χ3v) is 4.24. The van der Waals surface area contributed by atoms with Gasteiger partial charge in [0.05, 0.1) is 0 Å². The molecular weight excluding hydrogens is 428 g/mol. The van der Waals surface area contributed by atoms with Crippen LogP contribution >= 0.6 is 31.9 Å². The second-order valence-corrected chi connectivity index (χ2v) is 6.42. The topological polar surface area (TPSA) is 73.9 Å². The molecule has 0 radical (unpaired) electrons. The fourth-order valence-corrected chi connectivity index (χ4v) is 2.32. The smallest absolute Gasteiger partial charge is 0.372 e. The van der Waals surface area contributed by atoms with Gasteiger partial charge in [-0.15, -0.1) is 0 Å². The molecule has 23 heavy (non-hydrogen) atoms. The van der Waals surface area contributed by atoms with Crippen LogP contribution in [0.1, 0.15) is 11.1 Å². The summed E-state index contributed by atoms with van der Waals surface area (Å²) < 4.78 is 7.17. The summed E-state index contributed by atoms with van der Waals surface area (Å²) in [5.41, 5.74) is 7.42. The normalized spacial score (nSPS) is 11.2. The van der Waals surface area contributed by atoms with Crippen molar-refractivity contribution in [2.75, 3.05) is 6.61 Å². The molecule has 0 unspecified atom stereocenters. The molecule has 0 spiro atoms. The summed E-state index contributed by atoms with van der Waals surface area (Å²) in [6.45, 7) is 1.68. The number of rotatable bonds is 5. The molecule has 0 amide bonds. The highest BCUT2D eigenvalue weighted by Crippen LogP contribution is 2.21. The van der Waals surface area contributed by atoms with Gasteiger partial charge in [0.15, 0.2) is 12.4 Å². The summed E-state index contributed by atoms with van der Waals surface area (Å²) >= 11 is 6.73. The van der Waals surface area contributed by atoms with Gasteiger partial charge >= 0.3 is 5.97 Å². The SMILES string of the molecule is Cc1cc(OCC(=O)O/N=C(\N)c2cccc(Br)c2)ccc1Br. The third-order valence-electron chi connectivity index (χ3n) is 2.85. The van der Waals surface area contributed by atoms with E-state index >= 15 is 0 Å². The van der Waals surface area contributed by atoms with Gasteiger partial charge in [-0.25, -0.2) is 4.79 Å². The number of hydrogen-bond donors (Lipinski definition) is 1. The summed E-state index contributed by atoms with van der Waals surface area (Å²) in [7, 11) is 0. The summed E-state index contributed by atoms with van der Waals surface area (Å²) in [4.78, 5) is 16.4. The number of carbonyl (C=O) groups excluding carboxylic acids is 1. The molecule has 0 aliphatic carbocycles. The quantitative estimate of drug-likeness (QED) is 0.331. The highest BCUT2D eigenvalue weighted by molar-refractivity contribution is 9.10. The molecule has 2 aromatic carbocycles. The standard InChI is InChI=1S/C16H14Br2N2O3/c1-10-7-13(5-6-14(10)18)22-9-15(21)23-20-16(19)11-3-2-4-12(17)8-11/h2-8H,9H2,1H3,(H2,19,20). The van der Waals surface area contributed by atoms with Crippen molar-refractivity contribution in [1.29, 1.82) is 0 Å². The van der Waals surface area contributed by atoms with Crippen LogP contribution in [-0.4, -0.2) is 18.4 Å². The maximum Gasteiger partial charge on any atom is 0.372 e. The summed E-state index contributed by atoms with van der Waals surface area (Å²) in [6, 6.07) is 12.6. The number of hydrogen-bond acceptors (Lipinski definition) is 4. The zero-order valence-corrected chi connectivity index (χ0v) is 15.4. The number of oxime groups is 1. The van der Waals surface area contributed by atoms with Gasteiger partial charge in [-0.1, -0.05) is 49.1 Å². The average molecular weight is 442 g/mol. The van der Waals surface area contributed by atoms with Gasteiger partial charge in [0.1, 0.15) is 5.75 Å². The van der Waals surface area contributed by atoms with E-state index in [0.717, 1.165) is 14.5 Å². The van der Waals surface area contributed by atoms with Gasteiger partial charge in [-0.2, -0.15) is 0 Å². The lowest BCUT2D eigenvalue weighted by Gasteiger charge is -2.06. The molecule has 0 fully saturated rings. The van der Waals surface area contributed by atoms with Crippen LogP contribution in [0.4, 0.5) is 0 Å². The Hall–Kier alpha value is -1.86. The Morgan fingerprint density at radius 2 is 2.00 bits per heavy atom. The van der Waals surface area contributed by atoms with Crippen molar-refractivity contribution in [2.45, 2.75) is 6.92 Å². The third kappa shape index (κ3) is 5.37. The Balaban J connectivity index is 1.89. The lowest BCUT2D eigenvalue weighted by molar-refractivity contribution is -0.146. The fraction of sp³-hybridized carbons (Fsp3) is 0.125. The van der Waals surface area contributed by atoms with Crippen molar-refractivity contribution >= 4 is 43.7 Å². The first-order chi connectivity index (χ1) is 11.0. The van der Waals surface area contributed by atoms with Crippen molar-refractivity contribution in [3.8, 4) is 5.75 Å². The summed E-state index contributed by atoms with van der Waals surface area (Å²) in [6.07, 6.45) is 0. The molecule has 0 saturated heterocycles. The minimum absolute atomic E-state index is 0.110. The number of aryl methyl sites for hydroxylation is 1. The molecule has 0 saturated carbocycles. The van der Waals surface area contributed by atoms with Crippen LogP contribution in [0.3, 0.4) is 0 Å². The van der Waals surface area contributed by atoms with Gasteiger partial charge in [0.25, 0.3) is 0 Å². The van der Waals surface area contributed by atoms with Crippen LogP contribution in [0.25, 0.3) is 0 Å². The van der Waals surface area contributed by atoms with E-state index in [-0.39, 0.29) is 12.4 Å². The molecule has 0 atom stereocenters. The van der Waals surface area contributed by atoms with E-state index in [4.69, 9.17) is 15.3 Å². The highest BCUT2D eigenvalue weighted by atomic mass is 79.9. The molecule has 2 N–H and O–H groups in total. The number of nitrogens with two attached hydrogens (primary N) is 1. The minimum atomic E-state index is -0.636. The Bertz CT molecular complexity index is 748. The number of benzene rings is 2. The largest absolute Gasteiger partial charge is 0.482 e. The zero-order chi connectivity index (χ0) is 16.8. The highest BCUT2D eigenvalue weighted by Gasteiger charge is 2.07. The first-order valence-corrected chi connectivity index (χ1v) is 8.22. The number of halogens is 2. The van der Waals surface area contributed by atoms with Crippen LogP contribution in [0.2, 0.25) is 0 Å². The van der Waals surface area contributed by atoms with E-state index in [1.165, 1.54) is 0 Å². The predicted octanol–water partition coefficient (Wildman–Crippen LogP) is 3.76. The molecule has 7 heteroatoms. The van der Waals surface area contributed by atoms with Crippen molar-refractivity contribution in [1.82, 2.24) is 0 Å². The minimum Gasteiger partial charge on any atom is -0.482 e. The van der Waals surface area contributed by atoms with E-state index in [0.29, 0.717) is 11.3 Å². The molecule has 0 bridgehead atoms. The van der Waals surface area contributed by atoms with E-state index in [1.54, 1.807) is 18.2 Å². The van der Waals surface area contributed by atoms with Crippen LogP contribution in [0.5, 0.6) is 5.75 Å². The van der Waals surface area contributed by atoms with Crippen LogP contribution < -0.4 is 10.5 Å². The monoisotopic (exact) mass is 440 g/mol. The molecule has 120 valence electrons. The van der Waals surface area contributed by atoms with Gasteiger partial charge in [0.2, 0.25) is 0 Å². The maximum atomic E-state index is 11.6. The first-order valence-electron chi connectivity index (χ1n) is 6.64. The second-order valence-electron chi connectivity index (χ2n) is 4.65. The van der Waals surface area contributed by atoms with Gasteiger partial charge < -0.3 is 15.3 Å². The van der Waals surface area contributed by atoms with Crippen molar-refractivity contribution in [2.24, 2.45) is 10.9 Å². The number of nitrogens with zero attached hydrogens (tertiary/aromatic N) is 1. The lowest BCUT2D eigenvalue weighted by atomic mass is 10.2. The van der Waals surface area contributed by atoms with Gasteiger partial charge in [-0.3, -0.25) is 0 Å². The van der Waals surface area contributed by atoms with Gasteiger partial charge in [0, 0.05) is 14.5 Å². The molecule has 0 heterocycles. The van der Waals surface area contributed by atoms with Crippen LogP contribution in [-0.2, 0) is 9.63 Å². The van der Waals surface area contributed by atoms with Crippen molar-refractivity contribution in [3.63, 3.8) is 0 Å². The average Bonchev–Trinajstić information content (AvgIpc) is 2.53. The molecule has 0 aliphatic rings. The Labute approximate surface area is 150 Å². The maximum absolute atomic E-state index is 11.6. The summed E-state index contributed by atoms with van der Waals surface area (Å²) in [5.74, 6) is 0.0502. The predicted molar refractivity (Wildman–Crippen MR) is 95.3 cm³/mol. The first kappa shape index (κ1) is 17.5. The van der Waals surface area contributed by atoms with E-state index in [9.17, 15) is 4.79 Å². The molecule has 2 rings (SSSR count). The van der Waals surface area contributed by atoms with Crippen LogP contribution in [0.15, 0.2) is 56.6 Å². The Morgan fingerprint density at radius 1 is 1.22 bits per heavy atom. The van der Waals surface area contributed by atoms with Crippen LogP contribution in [0, 0.1) is 6.92 Å². The number of amidine groups is 1. The van der Waals surface area contributed by atoms with E-state index < -0.39 is 5.97 Å². The van der Waals surface area contributed by atoms with Crippen molar-refractivity contribution < 1.29 is 14.4 Å². The van der Waals surface area contributed by atoms with E-state index in [1.807, 2.05) is 31.2 Å². The number of ether oxygens (including phenoxy) is 1. The van der Waals surface area contributed by atoms with E-state index in [2.05, 4.69) is 37.0 Å². The fourth-order valence-electron chi connectivity index (χ4n) is 1.68. The lowest BCUT2D eigenvalue weighted by Crippen LogP contribution is -2.18. The molecule has 0 aliphatic heterocycles. The molecule has 5 nitrogen and oxygen atoms in total. The molecular formula is C16H14Br2N2O3. The zero-order valence-electron chi connectivity index (χ0n) is 12.3. The Morgan fingerprint density at radius 3 is 2.70 bits per heavy atom. The number of carbonyl (C=O) groups is 1.